The minimum absolute atomic E-state index is 0.887. The first-order valence-electron chi connectivity index (χ1n) is 22.2. The van der Waals surface area contributed by atoms with Crippen molar-refractivity contribution < 1.29 is 4.42 Å². The lowest BCUT2D eigenvalue weighted by Gasteiger charge is -2.28. The minimum Gasteiger partial charge on any atom is -0.455 e. The van der Waals surface area contributed by atoms with E-state index in [2.05, 4.69) is 242 Å². The van der Waals surface area contributed by atoms with E-state index in [-0.39, 0.29) is 0 Å². The van der Waals surface area contributed by atoms with Gasteiger partial charge in [0.1, 0.15) is 11.2 Å². The molecule has 0 aliphatic heterocycles. The molecule has 1 aliphatic rings. The van der Waals surface area contributed by atoms with E-state index in [1.54, 1.807) is 0 Å². The zero-order valence-corrected chi connectivity index (χ0v) is 35.3. The predicted molar refractivity (Wildman–Crippen MR) is 272 cm³/mol. The van der Waals surface area contributed by atoms with Crippen molar-refractivity contribution in [1.29, 1.82) is 0 Å². The van der Waals surface area contributed by atoms with E-state index in [4.69, 9.17) is 4.42 Å². The van der Waals surface area contributed by atoms with Crippen molar-refractivity contribution in [2.75, 3.05) is 4.90 Å². The van der Waals surface area contributed by atoms with Gasteiger partial charge in [0.15, 0.2) is 0 Å². The number of hydrogen-bond donors (Lipinski definition) is 0. The molecule has 0 radical (unpaired) electrons. The topological polar surface area (TPSA) is 16.4 Å². The maximum atomic E-state index is 6.84. The Labute approximate surface area is 373 Å². The van der Waals surface area contributed by atoms with Gasteiger partial charge >= 0.3 is 0 Å². The fraction of sp³-hybridized carbons (Fsp3) is 0.0323. The van der Waals surface area contributed by atoms with Gasteiger partial charge in [0, 0.05) is 33.3 Å². The largest absolute Gasteiger partial charge is 0.455 e. The van der Waals surface area contributed by atoms with E-state index in [1.165, 1.54) is 60.5 Å². The van der Waals surface area contributed by atoms with E-state index >= 15 is 0 Å². The van der Waals surface area contributed by atoms with Crippen molar-refractivity contribution in [2.45, 2.75) is 12.8 Å². The Bertz CT molecular complexity index is 3600. The number of fused-ring (bicyclic) bond motifs is 5. The van der Waals surface area contributed by atoms with E-state index in [0.29, 0.717) is 0 Å². The smallest absolute Gasteiger partial charge is 0.143 e. The number of allylic oxidation sites excluding steroid dienone is 4. The fourth-order valence-electron chi connectivity index (χ4n) is 9.76. The summed E-state index contributed by atoms with van der Waals surface area (Å²) in [6.45, 7) is 0. The van der Waals surface area contributed by atoms with Gasteiger partial charge in [-0.2, -0.15) is 0 Å². The molecule has 11 aromatic rings. The van der Waals surface area contributed by atoms with Gasteiger partial charge in [0.2, 0.25) is 0 Å². The first-order chi connectivity index (χ1) is 31.7. The van der Waals surface area contributed by atoms with Gasteiger partial charge in [0.05, 0.1) is 5.69 Å². The van der Waals surface area contributed by atoms with Crippen LogP contribution in [0, 0.1) is 0 Å². The zero-order chi connectivity index (χ0) is 42.4. The van der Waals surface area contributed by atoms with Crippen LogP contribution in [-0.4, -0.2) is 0 Å². The highest BCUT2D eigenvalue weighted by molar-refractivity contribution is 6.14. The van der Waals surface area contributed by atoms with Gasteiger partial charge in [-0.3, -0.25) is 0 Å². The zero-order valence-electron chi connectivity index (χ0n) is 35.3. The highest BCUT2D eigenvalue weighted by atomic mass is 16.3. The van der Waals surface area contributed by atoms with Gasteiger partial charge in [0.25, 0.3) is 0 Å². The number of nitrogens with zero attached hydrogens (tertiary/aromatic N) is 1. The average Bonchev–Trinajstić information content (AvgIpc) is 3.74. The number of furan rings is 1. The van der Waals surface area contributed by atoms with Gasteiger partial charge in [-0.25, -0.2) is 0 Å². The molecule has 1 aromatic heterocycles. The first-order valence-corrected chi connectivity index (χ1v) is 22.2. The Balaban J connectivity index is 1.02. The maximum Gasteiger partial charge on any atom is 0.143 e. The summed E-state index contributed by atoms with van der Waals surface area (Å²) in [7, 11) is 0. The van der Waals surface area contributed by atoms with Gasteiger partial charge < -0.3 is 9.32 Å². The molecule has 0 N–H and O–H groups in total. The molecule has 0 amide bonds. The second kappa shape index (κ2) is 15.9. The predicted octanol–water partition coefficient (Wildman–Crippen LogP) is 17.8. The van der Waals surface area contributed by atoms with Gasteiger partial charge in [-0.15, -0.1) is 0 Å². The van der Waals surface area contributed by atoms with Crippen LogP contribution in [0.2, 0.25) is 0 Å². The summed E-state index contributed by atoms with van der Waals surface area (Å²) < 4.78 is 6.84. The van der Waals surface area contributed by atoms with E-state index < -0.39 is 0 Å². The Morgan fingerprint density at radius 3 is 1.89 bits per heavy atom. The second-order valence-corrected chi connectivity index (χ2v) is 16.7. The minimum atomic E-state index is 0.887. The SMILES string of the molecule is C1=CC(c2cc(-c3ccc(N(c4cccc(-c5cccc6ccccc56)c4)c4ccccc4-c4cccc5c4oc4cc6ccccc6cc45)cc3)ccc2-c2ccccc2)=CCC1. The van der Waals surface area contributed by atoms with Crippen LogP contribution in [0.4, 0.5) is 17.1 Å². The lowest BCUT2D eigenvalue weighted by atomic mass is 9.89. The first kappa shape index (κ1) is 37.6. The molecule has 0 fully saturated rings. The number of para-hydroxylation sites is 2. The summed E-state index contributed by atoms with van der Waals surface area (Å²) in [4.78, 5) is 2.41. The van der Waals surface area contributed by atoms with Crippen molar-refractivity contribution in [2.24, 2.45) is 0 Å². The lowest BCUT2D eigenvalue weighted by molar-refractivity contribution is 0.670. The third kappa shape index (κ3) is 6.68. The fourth-order valence-corrected chi connectivity index (χ4v) is 9.76. The van der Waals surface area contributed by atoms with Crippen LogP contribution in [0.15, 0.2) is 241 Å². The Morgan fingerprint density at radius 1 is 0.359 bits per heavy atom. The monoisotopic (exact) mass is 817 g/mol. The third-order valence-corrected chi connectivity index (χ3v) is 12.9. The molecule has 1 aliphatic carbocycles. The molecule has 0 unspecified atom stereocenters. The molecule has 1 heterocycles. The molecule has 0 saturated heterocycles. The Kier molecular flexibility index (Phi) is 9.34. The molecule has 0 bridgehead atoms. The van der Waals surface area contributed by atoms with Crippen LogP contribution in [0.25, 0.3) is 93.6 Å². The summed E-state index contributed by atoms with van der Waals surface area (Å²) in [5.74, 6) is 0. The normalized spacial score (nSPS) is 12.6. The van der Waals surface area contributed by atoms with Crippen LogP contribution >= 0.6 is 0 Å². The van der Waals surface area contributed by atoms with Crippen molar-refractivity contribution in [1.82, 2.24) is 0 Å². The number of hydrogen-bond acceptors (Lipinski definition) is 2. The van der Waals surface area contributed by atoms with Crippen LogP contribution in [0.5, 0.6) is 0 Å². The van der Waals surface area contributed by atoms with E-state index in [9.17, 15) is 0 Å². The van der Waals surface area contributed by atoms with Gasteiger partial charge in [-0.05, 0) is 127 Å². The number of benzene rings is 10. The standard InChI is InChI=1S/C62H43NO/c1-3-16-43(17-4-1)54-37-34-48(39-58(54)45-18-5-2-6-19-45)42-32-35-50(36-33-42)63(51-25-13-24-49(38-51)53-28-14-23-44-20-9-10-26-52(44)53)60-31-12-11-27-55(60)56-29-15-30-57-59-40-46-21-7-8-22-47(46)41-61(59)64-62(56)57/h1,3-5,7-41H,2,6H2. The molecule has 0 atom stereocenters. The molecule has 2 heteroatoms. The van der Waals surface area contributed by atoms with Crippen molar-refractivity contribution >= 4 is 66.1 Å². The van der Waals surface area contributed by atoms with Crippen LogP contribution in [0.1, 0.15) is 18.4 Å². The molecule has 10 aromatic carbocycles. The molecular formula is C62H43NO. The molecule has 12 rings (SSSR count). The molecule has 0 spiro atoms. The maximum absolute atomic E-state index is 6.84. The Hall–Kier alpha value is -8.20. The Morgan fingerprint density at radius 2 is 1.03 bits per heavy atom. The second-order valence-electron chi connectivity index (χ2n) is 16.7. The quantitative estimate of drug-likeness (QED) is 0.152. The molecular weight excluding hydrogens is 775 g/mol. The van der Waals surface area contributed by atoms with Crippen molar-refractivity contribution in [3.05, 3.63) is 242 Å². The number of rotatable bonds is 8. The van der Waals surface area contributed by atoms with Crippen LogP contribution in [-0.2, 0) is 0 Å². The summed E-state index contributed by atoms with van der Waals surface area (Å²) in [5.41, 5.74) is 16.9. The van der Waals surface area contributed by atoms with Crippen LogP contribution < -0.4 is 4.90 Å². The molecule has 302 valence electrons. The summed E-state index contributed by atoms with van der Waals surface area (Å²) in [6, 6.07) is 79.2. The molecule has 0 saturated carbocycles. The summed E-state index contributed by atoms with van der Waals surface area (Å²) in [5, 5.41) is 7.07. The van der Waals surface area contributed by atoms with E-state index in [1.807, 2.05) is 0 Å². The lowest BCUT2D eigenvalue weighted by Crippen LogP contribution is -2.11. The summed E-state index contributed by atoms with van der Waals surface area (Å²) in [6.07, 6.45) is 9.10. The van der Waals surface area contributed by atoms with Gasteiger partial charge in [-0.1, -0.05) is 188 Å². The van der Waals surface area contributed by atoms with Crippen LogP contribution in [0.3, 0.4) is 0 Å². The molecule has 2 nitrogen and oxygen atoms in total. The highest BCUT2D eigenvalue weighted by Crippen LogP contribution is 2.46. The molecule has 64 heavy (non-hydrogen) atoms. The third-order valence-electron chi connectivity index (χ3n) is 12.9. The average molecular weight is 818 g/mol. The summed E-state index contributed by atoms with van der Waals surface area (Å²) >= 11 is 0. The van der Waals surface area contributed by atoms with E-state index in [0.717, 1.165) is 68.5 Å². The number of anilines is 3. The van der Waals surface area contributed by atoms with Crippen molar-refractivity contribution in [3.8, 4) is 44.5 Å². The highest BCUT2D eigenvalue weighted by Gasteiger charge is 2.22. The van der Waals surface area contributed by atoms with Crippen molar-refractivity contribution in [3.63, 3.8) is 0 Å².